The summed E-state index contributed by atoms with van der Waals surface area (Å²) in [6.45, 7) is 3.72. The highest BCUT2D eigenvalue weighted by Crippen LogP contribution is 2.20. The number of hydrogen-bond donors (Lipinski definition) is 2. The average Bonchev–Trinajstić information content (AvgIpc) is 3.08. The minimum Gasteiger partial charge on any atom is -0.481 e. The van der Waals surface area contributed by atoms with E-state index >= 15 is 0 Å². The summed E-state index contributed by atoms with van der Waals surface area (Å²) in [5.41, 5.74) is -0.540. The molecule has 0 saturated heterocycles. The molecule has 0 aliphatic carbocycles. The third-order valence-electron chi connectivity index (χ3n) is 3.93. The third-order valence-corrected chi connectivity index (χ3v) is 3.93. The molecule has 0 unspecified atom stereocenters. The Morgan fingerprint density at radius 3 is 2.57 bits per heavy atom. The van der Waals surface area contributed by atoms with Crippen LogP contribution in [0.1, 0.15) is 43.6 Å². The summed E-state index contributed by atoms with van der Waals surface area (Å²) in [6, 6.07) is 6.82. The Kier molecular flexibility index (Phi) is 5.10. The van der Waals surface area contributed by atoms with Crippen molar-refractivity contribution in [2.45, 2.75) is 38.6 Å². The molecule has 7 heteroatoms. The van der Waals surface area contributed by atoms with Gasteiger partial charge in [-0.15, -0.1) is 0 Å². The summed E-state index contributed by atoms with van der Waals surface area (Å²) in [7, 11) is 0. The molecule has 0 atom stereocenters. The number of rotatable bonds is 7. The predicted molar refractivity (Wildman–Crippen MR) is 84.4 cm³/mol. The van der Waals surface area contributed by atoms with Gasteiger partial charge in [-0.3, -0.25) is 9.59 Å². The fourth-order valence-electron chi connectivity index (χ4n) is 2.40. The first kappa shape index (κ1) is 16.7. The summed E-state index contributed by atoms with van der Waals surface area (Å²) in [5, 5.41) is 16.0. The highest BCUT2D eigenvalue weighted by Gasteiger charge is 2.31. The topological polar surface area (TPSA) is 97.1 Å². The van der Waals surface area contributed by atoms with Crippen molar-refractivity contribution >= 4 is 11.9 Å². The van der Waals surface area contributed by atoms with Crippen LogP contribution in [0, 0.1) is 0 Å². The second-order valence-electron chi connectivity index (χ2n) is 5.34. The van der Waals surface area contributed by atoms with Crippen LogP contribution in [0.25, 0.3) is 5.82 Å². The van der Waals surface area contributed by atoms with Gasteiger partial charge in [-0.1, -0.05) is 19.9 Å². The molecule has 0 spiro atoms. The molecular weight excluding hydrogens is 296 g/mol. The van der Waals surface area contributed by atoms with E-state index < -0.39 is 11.5 Å². The predicted octanol–water partition coefficient (Wildman–Crippen LogP) is 2.03. The number of carbonyl (C=O) groups is 2. The molecule has 7 nitrogen and oxygen atoms in total. The summed E-state index contributed by atoms with van der Waals surface area (Å²) in [4.78, 5) is 27.9. The Morgan fingerprint density at radius 2 is 2.00 bits per heavy atom. The van der Waals surface area contributed by atoms with Gasteiger partial charge in [0, 0.05) is 12.4 Å². The molecule has 0 aromatic carbocycles. The maximum absolute atomic E-state index is 12.5. The standard InChI is InChI=1S/C16H20N4O3/c1-3-16(4-2,11-14(21)22)19-15(23)12-7-5-8-13(18-12)20-10-6-9-17-20/h5-10H,3-4,11H2,1-2H3,(H,19,23)(H,21,22). The van der Waals surface area contributed by atoms with Gasteiger partial charge in [0.25, 0.3) is 5.91 Å². The summed E-state index contributed by atoms with van der Waals surface area (Å²) in [6.07, 6.45) is 4.29. The lowest BCUT2D eigenvalue weighted by molar-refractivity contribution is -0.138. The van der Waals surface area contributed by atoms with Gasteiger partial charge in [0.05, 0.1) is 12.0 Å². The second-order valence-corrected chi connectivity index (χ2v) is 5.34. The van der Waals surface area contributed by atoms with Gasteiger partial charge in [-0.05, 0) is 31.0 Å². The zero-order valence-corrected chi connectivity index (χ0v) is 13.2. The molecule has 23 heavy (non-hydrogen) atoms. The van der Waals surface area contributed by atoms with Crippen LogP contribution >= 0.6 is 0 Å². The lowest BCUT2D eigenvalue weighted by Crippen LogP contribution is -2.49. The first-order chi connectivity index (χ1) is 11.0. The van der Waals surface area contributed by atoms with E-state index in [-0.39, 0.29) is 18.0 Å². The van der Waals surface area contributed by atoms with E-state index in [2.05, 4.69) is 15.4 Å². The number of aromatic nitrogens is 3. The molecule has 0 radical (unpaired) electrons. The zero-order valence-electron chi connectivity index (χ0n) is 13.2. The zero-order chi connectivity index (χ0) is 16.9. The molecule has 2 rings (SSSR count). The third kappa shape index (κ3) is 3.94. The molecule has 2 heterocycles. The fourth-order valence-corrected chi connectivity index (χ4v) is 2.40. The van der Waals surface area contributed by atoms with Gasteiger partial charge >= 0.3 is 5.97 Å². The van der Waals surface area contributed by atoms with Gasteiger partial charge in [-0.25, -0.2) is 9.67 Å². The van der Waals surface area contributed by atoms with Crippen LogP contribution in [-0.2, 0) is 4.79 Å². The van der Waals surface area contributed by atoms with Crippen LogP contribution in [0.15, 0.2) is 36.7 Å². The van der Waals surface area contributed by atoms with Gasteiger partial charge < -0.3 is 10.4 Å². The molecule has 2 aromatic heterocycles. The minimum absolute atomic E-state index is 0.120. The van der Waals surface area contributed by atoms with Gasteiger partial charge in [0.15, 0.2) is 5.82 Å². The van der Waals surface area contributed by atoms with Crippen molar-refractivity contribution in [1.29, 1.82) is 0 Å². The van der Waals surface area contributed by atoms with E-state index in [0.29, 0.717) is 18.7 Å². The molecule has 0 fully saturated rings. The van der Waals surface area contributed by atoms with Crippen LogP contribution in [0.3, 0.4) is 0 Å². The minimum atomic E-state index is -0.938. The maximum Gasteiger partial charge on any atom is 0.305 e. The molecule has 2 aromatic rings. The molecule has 0 saturated carbocycles. The summed E-state index contributed by atoms with van der Waals surface area (Å²) < 4.78 is 1.56. The Morgan fingerprint density at radius 1 is 1.26 bits per heavy atom. The Balaban J connectivity index is 2.23. The van der Waals surface area contributed by atoms with Crippen LogP contribution < -0.4 is 5.32 Å². The Bertz CT molecular complexity index is 678. The van der Waals surface area contributed by atoms with Gasteiger partial charge in [0.2, 0.25) is 0 Å². The number of nitrogens with zero attached hydrogens (tertiary/aromatic N) is 3. The molecular formula is C16H20N4O3. The Hall–Kier alpha value is -2.70. The van der Waals surface area contributed by atoms with Crippen molar-refractivity contribution in [3.05, 3.63) is 42.4 Å². The average molecular weight is 316 g/mol. The summed E-state index contributed by atoms with van der Waals surface area (Å²) >= 11 is 0. The van der Waals surface area contributed by atoms with E-state index in [1.54, 1.807) is 41.3 Å². The van der Waals surface area contributed by atoms with E-state index in [1.165, 1.54) is 0 Å². The normalized spacial score (nSPS) is 11.2. The monoisotopic (exact) mass is 316 g/mol. The van der Waals surface area contributed by atoms with Crippen molar-refractivity contribution in [3.63, 3.8) is 0 Å². The first-order valence-electron chi connectivity index (χ1n) is 7.51. The molecule has 2 N–H and O–H groups in total. The smallest absolute Gasteiger partial charge is 0.305 e. The van der Waals surface area contributed by atoms with Crippen molar-refractivity contribution in [2.75, 3.05) is 0 Å². The quantitative estimate of drug-likeness (QED) is 0.814. The number of carboxylic acids is 1. The van der Waals surface area contributed by atoms with Crippen LogP contribution in [-0.4, -0.2) is 37.3 Å². The van der Waals surface area contributed by atoms with Crippen LogP contribution in [0.2, 0.25) is 0 Å². The number of hydrogen-bond acceptors (Lipinski definition) is 4. The SMILES string of the molecule is CCC(CC)(CC(=O)O)NC(=O)c1cccc(-n2cccn2)n1. The number of aliphatic carboxylic acids is 1. The largest absolute Gasteiger partial charge is 0.481 e. The summed E-state index contributed by atoms with van der Waals surface area (Å²) in [5.74, 6) is -0.796. The van der Waals surface area contributed by atoms with Crippen molar-refractivity contribution in [1.82, 2.24) is 20.1 Å². The molecule has 0 bridgehead atoms. The van der Waals surface area contributed by atoms with Crippen molar-refractivity contribution < 1.29 is 14.7 Å². The van der Waals surface area contributed by atoms with E-state index in [4.69, 9.17) is 5.11 Å². The second kappa shape index (κ2) is 7.04. The van der Waals surface area contributed by atoms with Crippen molar-refractivity contribution in [2.24, 2.45) is 0 Å². The number of carbonyl (C=O) groups excluding carboxylic acids is 1. The lowest BCUT2D eigenvalue weighted by Gasteiger charge is -2.31. The fraction of sp³-hybridized carbons (Fsp3) is 0.375. The molecule has 1 amide bonds. The van der Waals surface area contributed by atoms with E-state index in [1.807, 2.05) is 13.8 Å². The van der Waals surface area contributed by atoms with Gasteiger partial charge in [-0.2, -0.15) is 5.10 Å². The molecule has 0 aliphatic heterocycles. The maximum atomic E-state index is 12.5. The lowest BCUT2D eigenvalue weighted by atomic mass is 9.89. The van der Waals surface area contributed by atoms with E-state index in [9.17, 15) is 9.59 Å². The van der Waals surface area contributed by atoms with Gasteiger partial charge in [0.1, 0.15) is 5.69 Å². The van der Waals surface area contributed by atoms with Crippen LogP contribution in [0.4, 0.5) is 0 Å². The molecule has 122 valence electrons. The highest BCUT2D eigenvalue weighted by molar-refractivity contribution is 5.93. The molecule has 0 aliphatic rings. The van der Waals surface area contributed by atoms with Crippen molar-refractivity contribution in [3.8, 4) is 5.82 Å². The highest BCUT2D eigenvalue weighted by atomic mass is 16.4. The Labute approximate surface area is 134 Å². The number of carboxylic acid groups (broad SMARTS) is 1. The number of nitrogens with one attached hydrogen (secondary N) is 1. The van der Waals surface area contributed by atoms with Crippen LogP contribution in [0.5, 0.6) is 0 Å². The first-order valence-corrected chi connectivity index (χ1v) is 7.51. The number of amides is 1. The van der Waals surface area contributed by atoms with E-state index in [0.717, 1.165) is 0 Å². The number of pyridine rings is 1.